The molecule has 8 heteroatoms. The normalized spacial score (nSPS) is 20.6. The molecule has 1 atom stereocenters. The number of thiazole rings is 1. The van der Waals surface area contributed by atoms with Crippen molar-refractivity contribution in [3.63, 3.8) is 0 Å². The smallest absolute Gasteiger partial charge is 0.315 e. The predicted octanol–water partition coefficient (Wildman–Crippen LogP) is 1.30. The van der Waals surface area contributed by atoms with Crippen molar-refractivity contribution in [2.24, 2.45) is 0 Å². The van der Waals surface area contributed by atoms with Gasteiger partial charge in [-0.2, -0.15) is 0 Å². The van der Waals surface area contributed by atoms with Gasteiger partial charge in [-0.3, -0.25) is 0 Å². The van der Waals surface area contributed by atoms with Gasteiger partial charge in [0.1, 0.15) is 0 Å². The van der Waals surface area contributed by atoms with E-state index in [2.05, 4.69) is 29.5 Å². The molecule has 21 heavy (non-hydrogen) atoms. The number of nitrogens with zero attached hydrogens (tertiary/aromatic N) is 1. The number of rotatable bonds is 5. The van der Waals surface area contributed by atoms with Crippen molar-refractivity contribution < 1.29 is 13.2 Å². The van der Waals surface area contributed by atoms with E-state index in [-0.39, 0.29) is 23.6 Å². The maximum absolute atomic E-state index is 11.7. The molecule has 2 heterocycles. The number of carbonyl (C=O) groups excluding carboxylic acids is 1. The molecule has 1 fully saturated rings. The van der Waals surface area contributed by atoms with Crippen LogP contribution in [0.1, 0.15) is 36.9 Å². The molecule has 6 nitrogen and oxygen atoms in total. The molecule has 1 saturated heterocycles. The highest BCUT2D eigenvalue weighted by Gasteiger charge is 2.28. The van der Waals surface area contributed by atoms with Crippen molar-refractivity contribution in [2.75, 3.05) is 18.1 Å². The van der Waals surface area contributed by atoms with Crippen LogP contribution in [0.3, 0.4) is 0 Å². The average Bonchev–Trinajstić information content (AvgIpc) is 2.96. The summed E-state index contributed by atoms with van der Waals surface area (Å²) in [5.74, 6) is 0.628. The van der Waals surface area contributed by atoms with Crippen LogP contribution in [-0.2, 0) is 16.3 Å². The molecule has 0 spiro atoms. The van der Waals surface area contributed by atoms with Crippen molar-refractivity contribution in [3.8, 4) is 0 Å². The fourth-order valence-corrected chi connectivity index (χ4v) is 4.69. The van der Waals surface area contributed by atoms with Crippen LogP contribution < -0.4 is 10.6 Å². The Bertz CT molecular complexity index is 596. The summed E-state index contributed by atoms with van der Waals surface area (Å²) in [5.41, 5.74) is 0.979. The van der Waals surface area contributed by atoms with E-state index < -0.39 is 9.84 Å². The third kappa shape index (κ3) is 4.96. The summed E-state index contributed by atoms with van der Waals surface area (Å²) >= 11 is 1.64. The average molecular weight is 331 g/mol. The molecule has 0 bridgehead atoms. The largest absolute Gasteiger partial charge is 0.338 e. The highest BCUT2D eigenvalue weighted by Crippen LogP contribution is 2.19. The van der Waals surface area contributed by atoms with Crippen molar-refractivity contribution >= 4 is 27.2 Å². The van der Waals surface area contributed by atoms with Gasteiger partial charge in [0, 0.05) is 30.3 Å². The molecule has 1 aliphatic heterocycles. The zero-order chi connectivity index (χ0) is 15.5. The van der Waals surface area contributed by atoms with Crippen LogP contribution in [0.25, 0.3) is 0 Å². The number of amides is 2. The van der Waals surface area contributed by atoms with Gasteiger partial charge in [0.05, 0.1) is 22.2 Å². The van der Waals surface area contributed by atoms with Crippen LogP contribution in [0.15, 0.2) is 5.38 Å². The minimum Gasteiger partial charge on any atom is -0.338 e. The first-order valence-electron chi connectivity index (χ1n) is 7.05. The van der Waals surface area contributed by atoms with Gasteiger partial charge in [0.2, 0.25) is 0 Å². The maximum Gasteiger partial charge on any atom is 0.315 e. The van der Waals surface area contributed by atoms with Gasteiger partial charge in [-0.15, -0.1) is 11.3 Å². The van der Waals surface area contributed by atoms with Gasteiger partial charge in [-0.25, -0.2) is 18.2 Å². The molecule has 0 unspecified atom stereocenters. The van der Waals surface area contributed by atoms with Gasteiger partial charge in [-0.1, -0.05) is 13.8 Å². The standard InChI is InChI=1S/C13H21N3O3S2/c1-9(2)12-15-10(7-20-12)3-5-14-13(17)16-11-4-6-21(18,19)8-11/h7,9,11H,3-6,8H2,1-2H3,(H2,14,16,17)/t11-/m1/s1. The molecule has 2 N–H and O–H groups in total. The lowest BCUT2D eigenvalue weighted by Crippen LogP contribution is -2.43. The third-order valence-corrected chi connectivity index (χ3v) is 6.26. The Hall–Kier alpha value is -1.15. The quantitative estimate of drug-likeness (QED) is 0.851. The molecule has 0 saturated carbocycles. The van der Waals surface area contributed by atoms with Crippen LogP contribution in [0.2, 0.25) is 0 Å². The van der Waals surface area contributed by atoms with E-state index in [9.17, 15) is 13.2 Å². The molecular formula is C13H21N3O3S2. The van der Waals surface area contributed by atoms with E-state index in [1.165, 1.54) is 0 Å². The molecule has 1 aromatic rings. The molecule has 0 aliphatic carbocycles. The van der Waals surface area contributed by atoms with Gasteiger partial charge in [0.25, 0.3) is 0 Å². The molecule has 118 valence electrons. The molecule has 1 aromatic heterocycles. The summed E-state index contributed by atoms with van der Waals surface area (Å²) in [5, 5.41) is 8.56. The van der Waals surface area contributed by atoms with Crippen LogP contribution >= 0.6 is 11.3 Å². The van der Waals surface area contributed by atoms with Crippen molar-refractivity contribution in [2.45, 2.75) is 38.6 Å². The van der Waals surface area contributed by atoms with E-state index in [0.29, 0.717) is 25.3 Å². The number of nitrogens with one attached hydrogen (secondary N) is 2. The summed E-state index contributed by atoms with van der Waals surface area (Å²) in [6.07, 6.45) is 1.18. The first-order valence-corrected chi connectivity index (χ1v) is 9.75. The van der Waals surface area contributed by atoms with Crippen molar-refractivity contribution in [1.82, 2.24) is 15.6 Å². The number of hydrogen-bond acceptors (Lipinski definition) is 5. The van der Waals surface area contributed by atoms with Crippen LogP contribution in [0, 0.1) is 0 Å². The topological polar surface area (TPSA) is 88.2 Å². The van der Waals surface area contributed by atoms with E-state index >= 15 is 0 Å². The molecule has 2 amide bonds. The zero-order valence-electron chi connectivity index (χ0n) is 12.3. The zero-order valence-corrected chi connectivity index (χ0v) is 13.9. The number of urea groups is 1. The summed E-state index contributed by atoms with van der Waals surface area (Å²) in [7, 11) is -2.96. The summed E-state index contributed by atoms with van der Waals surface area (Å²) < 4.78 is 22.6. The Labute approximate surface area is 129 Å². The fraction of sp³-hybridized carbons (Fsp3) is 0.692. The van der Waals surface area contributed by atoms with E-state index in [4.69, 9.17) is 0 Å². The number of sulfone groups is 1. The van der Waals surface area contributed by atoms with Gasteiger partial charge >= 0.3 is 6.03 Å². The highest BCUT2D eigenvalue weighted by molar-refractivity contribution is 7.91. The lowest BCUT2D eigenvalue weighted by Gasteiger charge is -2.11. The van der Waals surface area contributed by atoms with Gasteiger partial charge in [0.15, 0.2) is 9.84 Å². The number of carbonyl (C=O) groups is 1. The Morgan fingerprint density at radius 1 is 1.52 bits per heavy atom. The molecular weight excluding hydrogens is 310 g/mol. The Morgan fingerprint density at radius 3 is 2.86 bits per heavy atom. The number of hydrogen-bond donors (Lipinski definition) is 2. The molecule has 2 rings (SSSR count). The Balaban J connectivity index is 1.69. The minimum absolute atomic E-state index is 0.0459. The number of aromatic nitrogens is 1. The van der Waals surface area contributed by atoms with E-state index in [1.54, 1.807) is 11.3 Å². The Kier molecular flexibility index (Phi) is 5.21. The SMILES string of the molecule is CC(C)c1nc(CCNC(=O)N[C@@H]2CCS(=O)(=O)C2)cs1. The first kappa shape index (κ1) is 16.2. The molecule has 1 aliphatic rings. The summed E-state index contributed by atoms with van der Waals surface area (Å²) in [4.78, 5) is 16.2. The van der Waals surface area contributed by atoms with Gasteiger partial charge < -0.3 is 10.6 Å². The molecule has 0 aromatic carbocycles. The third-order valence-electron chi connectivity index (χ3n) is 3.30. The second-order valence-electron chi connectivity index (χ2n) is 5.58. The van der Waals surface area contributed by atoms with Crippen molar-refractivity contribution in [3.05, 3.63) is 16.1 Å². The first-order chi connectivity index (χ1) is 9.85. The van der Waals surface area contributed by atoms with Gasteiger partial charge in [-0.05, 0) is 6.42 Å². The van der Waals surface area contributed by atoms with E-state index in [0.717, 1.165) is 10.7 Å². The van der Waals surface area contributed by atoms with E-state index in [1.807, 2.05) is 5.38 Å². The Morgan fingerprint density at radius 2 is 2.29 bits per heavy atom. The minimum atomic E-state index is -2.96. The summed E-state index contributed by atoms with van der Waals surface area (Å²) in [6.45, 7) is 4.69. The molecule has 0 radical (unpaired) electrons. The van der Waals surface area contributed by atoms with Crippen LogP contribution in [-0.4, -0.2) is 43.5 Å². The van der Waals surface area contributed by atoms with Crippen LogP contribution in [0.5, 0.6) is 0 Å². The predicted molar refractivity (Wildman–Crippen MR) is 83.5 cm³/mol. The highest BCUT2D eigenvalue weighted by atomic mass is 32.2. The van der Waals surface area contributed by atoms with Crippen LogP contribution in [0.4, 0.5) is 4.79 Å². The second-order valence-corrected chi connectivity index (χ2v) is 8.70. The maximum atomic E-state index is 11.7. The van der Waals surface area contributed by atoms with Crippen molar-refractivity contribution in [1.29, 1.82) is 0 Å². The monoisotopic (exact) mass is 331 g/mol. The lowest BCUT2D eigenvalue weighted by atomic mass is 10.2. The summed E-state index contributed by atoms with van der Waals surface area (Å²) in [6, 6.07) is -0.571. The fourth-order valence-electron chi connectivity index (χ4n) is 2.15. The second kappa shape index (κ2) is 6.74. The lowest BCUT2D eigenvalue weighted by molar-refractivity contribution is 0.238.